The number of aromatic carboxylic acids is 1. The first kappa shape index (κ1) is 12.0. The second kappa shape index (κ2) is 4.44. The van der Waals surface area contributed by atoms with Crippen molar-refractivity contribution in [3.63, 3.8) is 0 Å². The summed E-state index contributed by atoms with van der Waals surface area (Å²) in [6.07, 6.45) is 0. The number of carboxylic acid groups (broad SMARTS) is 1. The maximum Gasteiger partial charge on any atom is 0.341 e. The molecule has 2 aromatic rings. The molecule has 0 saturated heterocycles. The van der Waals surface area contributed by atoms with Crippen molar-refractivity contribution in [2.24, 2.45) is 0 Å². The highest BCUT2D eigenvalue weighted by Gasteiger charge is 2.23. The lowest BCUT2D eigenvalue weighted by atomic mass is 10.1. The molecule has 0 atom stereocenters. The zero-order chi connectivity index (χ0) is 12.6. The van der Waals surface area contributed by atoms with Crippen LogP contribution in [0.2, 0.25) is 0 Å². The zero-order valence-electron chi connectivity index (χ0n) is 8.70. The molecule has 1 aromatic carbocycles. The molecule has 0 aliphatic rings. The summed E-state index contributed by atoms with van der Waals surface area (Å²) in [6.45, 7) is 1.48. The Hall–Kier alpha value is -1.44. The topological polar surface area (TPSA) is 63.3 Å². The van der Waals surface area contributed by atoms with Crippen LogP contribution >= 0.6 is 22.6 Å². The van der Waals surface area contributed by atoms with Crippen LogP contribution in [-0.4, -0.2) is 16.2 Å². The van der Waals surface area contributed by atoms with E-state index in [9.17, 15) is 9.18 Å². The molecule has 0 bridgehead atoms. The van der Waals surface area contributed by atoms with Gasteiger partial charge in [-0.3, -0.25) is 0 Å². The van der Waals surface area contributed by atoms with Crippen molar-refractivity contribution >= 4 is 28.6 Å². The van der Waals surface area contributed by atoms with Gasteiger partial charge >= 0.3 is 5.97 Å². The maximum absolute atomic E-state index is 13.9. The molecular formula is C11H7FINO3. The van der Waals surface area contributed by atoms with Gasteiger partial charge in [0, 0.05) is 9.13 Å². The third-order valence-corrected chi connectivity index (χ3v) is 3.12. The van der Waals surface area contributed by atoms with Crippen LogP contribution in [0.5, 0.6) is 0 Å². The minimum atomic E-state index is -1.18. The molecule has 0 radical (unpaired) electrons. The van der Waals surface area contributed by atoms with Crippen LogP contribution in [-0.2, 0) is 0 Å². The van der Waals surface area contributed by atoms with E-state index in [1.54, 1.807) is 12.1 Å². The first-order valence-corrected chi connectivity index (χ1v) is 5.74. The van der Waals surface area contributed by atoms with Gasteiger partial charge < -0.3 is 9.63 Å². The largest absolute Gasteiger partial charge is 0.477 e. The number of nitrogens with zero attached hydrogens (tertiary/aromatic N) is 1. The van der Waals surface area contributed by atoms with Gasteiger partial charge in [-0.1, -0.05) is 11.2 Å². The lowest BCUT2D eigenvalue weighted by Crippen LogP contribution is -2.00. The standard InChI is InChI=1S/C11H7FINO3/c1-5-8(11(15)16)10(14-17-5)6-3-2-4-7(13)9(6)12/h2-4H,1H3,(H,15,16). The number of halogens is 2. The lowest BCUT2D eigenvalue weighted by Gasteiger charge is -2.01. The van der Waals surface area contributed by atoms with Gasteiger partial charge in [0.2, 0.25) is 0 Å². The maximum atomic E-state index is 13.9. The smallest absolute Gasteiger partial charge is 0.341 e. The quantitative estimate of drug-likeness (QED) is 0.848. The number of aromatic nitrogens is 1. The number of rotatable bonds is 2. The molecule has 88 valence electrons. The summed E-state index contributed by atoms with van der Waals surface area (Å²) in [6, 6.07) is 4.70. The molecule has 1 heterocycles. The molecule has 0 aliphatic carbocycles. The summed E-state index contributed by atoms with van der Waals surface area (Å²) in [5, 5.41) is 12.6. The minimum absolute atomic E-state index is 0.0195. The van der Waals surface area contributed by atoms with Gasteiger partial charge in [-0.25, -0.2) is 9.18 Å². The molecular weight excluding hydrogens is 340 g/mol. The van der Waals surface area contributed by atoms with Gasteiger partial charge in [0.05, 0.1) is 0 Å². The summed E-state index contributed by atoms with van der Waals surface area (Å²) in [5.41, 5.74) is 0.0445. The van der Waals surface area contributed by atoms with Crippen LogP contribution in [0.15, 0.2) is 22.7 Å². The van der Waals surface area contributed by atoms with Crippen LogP contribution in [0.3, 0.4) is 0 Å². The van der Waals surface area contributed by atoms with Crippen molar-refractivity contribution in [3.8, 4) is 11.3 Å². The van der Waals surface area contributed by atoms with Crippen LogP contribution in [0.1, 0.15) is 16.1 Å². The monoisotopic (exact) mass is 347 g/mol. The van der Waals surface area contributed by atoms with Crippen molar-refractivity contribution in [2.75, 3.05) is 0 Å². The van der Waals surface area contributed by atoms with Crippen LogP contribution in [0.25, 0.3) is 11.3 Å². The number of hydrogen-bond donors (Lipinski definition) is 1. The Morgan fingerprint density at radius 2 is 2.24 bits per heavy atom. The molecule has 0 spiro atoms. The summed E-state index contributed by atoms with van der Waals surface area (Å²) in [5.74, 6) is -1.52. The second-order valence-corrected chi connectivity index (χ2v) is 4.53. The Kier molecular flexibility index (Phi) is 3.14. The van der Waals surface area contributed by atoms with Crippen molar-refractivity contribution in [3.05, 3.63) is 38.9 Å². The highest BCUT2D eigenvalue weighted by molar-refractivity contribution is 14.1. The van der Waals surface area contributed by atoms with Gasteiger partial charge in [-0.2, -0.15) is 0 Å². The van der Waals surface area contributed by atoms with E-state index in [2.05, 4.69) is 5.16 Å². The number of hydrogen-bond acceptors (Lipinski definition) is 3. The van der Waals surface area contributed by atoms with E-state index < -0.39 is 11.8 Å². The molecule has 1 N–H and O–H groups in total. The van der Waals surface area contributed by atoms with Gasteiger partial charge in [-0.15, -0.1) is 0 Å². The van der Waals surface area contributed by atoms with Gasteiger partial charge in [-0.05, 0) is 41.6 Å². The average molecular weight is 347 g/mol. The van der Waals surface area contributed by atoms with Gasteiger partial charge in [0.25, 0.3) is 0 Å². The van der Waals surface area contributed by atoms with E-state index in [0.29, 0.717) is 3.57 Å². The zero-order valence-corrected chi connectivity index (χ0v) is 10.9. The second-order valence-electron chi connectivity index (χ2n) is 3.37. The summed E-state index contributed by atoms with van der Waals surface area (Å²) < 4.78 is 19.1. The van der Waals surface area contributed by atoms with Gasteiger partial charge in [0.1, 0.15) is 22.8 Å². The third kappa shape index (κ3) is 2.04. The molecule has 4 nitrogen and oxygen atoms in total. The number of aryl methyl sites for hydroxylation is 1. The SMILES string of the molecule is Cc1onc(-c2cccc(I)c2F)c1C(=O)O. The molecule has 1 aromatic heterocycles. The van der Waals surface area contributed by atoms with Crippen molar-refractivity contribution in [1.82, 2.24) is 5.16 Å². The number of carbonyl (C=O) groups is 1. The molecule has 2 rings (SSSR count). The molecule has 0 unspecified atom stereocenters. The summed E-state index contributed by atoms with van der Waals surface area (Å²) in [7, 11) is 0. The molecule has 0 saturated carbocycles. The fraction of sp³-hybridized carbons (Fsp3) is 0.0909. The Morgan fingerprint density at radius 3 is 2.88 bits per heavy atom. The Morgan fingerprint density at radius 1 is 1.53 bits per heavy atom. The lowest BCUT2D eigenvalue weighted by molar-refractivity contribution is 0.0696. The van der Waals surface area contributed by atoms with Crippen molar-refractivity contribution < 1.29 is 18.8 Å². The first-order chi connectivity index (χ1) is 8.02. The van der Waals surface area contributed by atoms with E-state index in [1.807, 2.05) is 22.6 Å². The van der Waals surface area contributed by atoms with E-state index >= 15 is 0 Å². The molecule has 0 aliphatic heterocycles. The molecule has 0 amide bonds. The van der Waals surface area contributed by atoms with Gasteiger partial charge in [0.15, 0.2) is 0 Å². The van der Waals surface area contributed by atoms with Crippen LogP contribution < -0.4 is 0 Å². The molecule has 0 fully saturated rings. The summed E-state index contributed by atoms with van der Waals surface area (Å²) >= 11 is 1.83. The normalized spacial score (nSPS) is 10.5. The Labute approximate surface area is 110 Å². The Balaban J connectivity index is 2.69. The fourth-order valence-corrected chi connectivity index (χ4v) is 1.99. The molecule has 17 heavy (non-hydrogen) atoms. The average Bonchev–Trinajstić information content (AvgIpc) is 2.64. The van der Waals surface area contributed by atoms with E-state index in [0.717, 1.165) is 0 Å². The van der Waals surface area contributed by atoms with E-state index in [1.165, 1.54) is 13.0 Å². The highest BCUT2D eigenvalue weighted by atomic mass is 127. The minimum Gasteiger partial charge on any atom is -0.477 e. The van der Waals surface area contributed by atoms with Crippen molar-refractivity contribution in [1.29, 1.82) is 0 Å². The third-order valence-electron chi connectivity index (χ3n) is 2.28. The number of carboxylic acids is 1. The number of benzene rings is 1. The van der Waals surface area contributed by atoms with Crippen LogP contribution in [0.4, 0.5) is 4.39 Å². The van der Waals surface area contributed by atoms with E-state index in [4.69, 9.17) is 9.63 Å². The highest BCUT2D eigenvalue weighted by Crippen LogP contribution is 2.29. The predicted octanol–water partition coefficient (Wildman–Crippen LogP) is 3.09. The Bertz CT molecular complexity index is 594. The summed E-state index contributed by atoms with van der Waals surface area (Å²) in [4.78, 5) is 11.0. The van der Waals surface area contributed by atoms with E-state index in [-0.39, 0.29) is 22.6 Å². The first-order valence-electron chi connectivity index (χ1n) is 4.66. The fourth-order valence-electron chi connectivity index (χ4n) is 1.49. The predicted molar refractivity (Wildman–Crippen MR) is 66.3 cm³/mol. The van der Waals surface area contributed by atoms with Crippen molar-refractivity contribution in [2.45, 2.75) is 6.92 Å². The van der Waals surface area contributed by atoms with Crippen LogP contribution in [0, 0.1) is 16.3 Å². The molecule has 6 heteroatoms.